The van der Waals surface area contributed by atoms with Gasteiger partial charge in [0.1, 0.15) is 41.7 Å². The van der Waals surface area contributed by atoms with Gasteiger partial charge in [0.05, 0.1) is 22.8 Å². The Hall–Kier alpha value is -6.89. The number of esters is 1. The number of anilines is 1. The van der Waals surface area contributed by atoms with Gasteiger partial charge in [-0.3, -0.25) is 19.4 Å². The first-order chi connectivity index (χ1) is 29.6. The molecule has 1 unspecified atom stereocenters. The topological polar surface area (TPSA) is 145 Å². The number of nitrogens with zero attached hydrogens (tertiary/aromatic N) is 2. The van der Waals surface area contributed by atoms with Crippen molar-refractivity contribution in [2.45, 2.75) is 44.2 Å². The summed E-state index contributed by atoms with van der Waals surface area (Å²) in [5.74, 6) is 0.293. The molecule has 61 heavy (non-hydrogen) atoms. The molecule has 0 bridgehead atoms. The molecule has 0 saturated carbocycles. The number of rotatable bonds is 12. The number of hydrogen-bond acceptors (Lipinski definition) is 9. The van der Waals surface area contributed by atoms with Crippen LogP contribution < -0.4 is 24.8 Å². The minimum absolute atomic E-state index is 0.0586. The average Bonchev–Trinajstić information content (AvgIpc) is 3.28. The van der Waals surface area contributed by atoms with E-state index in [0.29, 0.717) is 49.9 Å². The molecule has 308 valence electrons. The fourth-order valence-corrected chi connectivity index (χ4v) is 7.53. The molecule has 3 atom stereocenters. The minimum Gasteiger partial charge on any atom is -0.489 e. The molecule has 2 N–H and O–H groups in total. The first-order valence-corrected chi connectivity index (χ1v) is 20.1. The summed E-state index contributed by atoms with van der Waals surface area (Å²) in [6.07, 6.45) is 2.52. The zero-order valence-corrected chi connectivity index (χ0v) is 34.2. The number of benzene rings is 5. The summed E-state index contributed by atoms with van der Waals surface area (Å²) < 4.78 is 23.2. The highest BCUT2D eigenvalue weighted by Crippen LogP contribution is 2.40. The third-order valence-corrected chi connectivity index (χ3v) is 11.1. The molecule has 0 radical (unpaired) electrons. The fraction of sp³-hybridized carbons (Fsp3) is 0.170. The molecule has 0 saturated heterocycles. The van der Waals surface area contributed by atoms with Crippen molar-refractivity contribution in [3.8, 4) is 23.0 Å². The predicted octanol–water partition coefficient (Wildman–Crippen LogP) is 8.30. The molecule has 5 aromatic carbocycles. The molecule has 1 aromatic heterocycles. The second-order valence-electron chi connectivity index (χ2n) is 14.4. The van der Waals surface area contributed by atoms with Gasteiger partial charge in [-0.2, -0.15) is 0 Å². The van der Waals surface area contributed by atoms with E-state index in [4.69, 9.17) is 42.1 Å². The van der Waals surface area contributed by atoms with Crippen molar-refractivity contribution in [2.75, 3.05) is 12.4 Å². The minimum atomic E-state index is -1.06. The number of fused-ring (bicyclic) bond motifs is 2. The molecule has 2 aliphatic rings. The molecule has 0 aliphatic carbocycles. The van der Waals surface area contributed by atoms with E-state index in [1.165, 1.54) is 12.0 Å². The van der Waals surface area contributed by atoms with E-state index in [9.17, 15) is 19.2 Å². The number of methoxy groups -OCH3 is 1. The Morgan fingerprint density at radius 1 is 0.836 bits per heavy atom. The average molecular weight is 858 g/mol. The smallest absolute Gasteiger partial charge is 0.328 e. The van der Waals surface area contributed by atoms with Crippen LogP contribution in [0.5, 0.6) is 23.0 Å². The Kier molecular flexibility index (Phi) is 12.2. The number of halogens is 2. The monoisotopic (exact) mass is 856 g/mol. The van der Waals surface area contributed by atoms with Crippen molar-refractivity contribution in [3.63, 3.8) is 0 Å². The third-order valence-electron chi connectivity index (χ3n) is 10.4. The Morgan fingerprint density at radius 3 is 2.26 bits per heavy atom. The van der Waals surface area contributed by atoms with Crippen molar-refractivity contribution >= 4 is 52.6 Å². The summed E-state index contributed by atoms with van der Waals surface area (Å²) in [5.41, 5.74) is 4.51. The van der Waals surface area contributed by atoms with Gasteiger partial charge >= 0.3 is 5.97 Å². The second-order valence-corrected chi connectivity index (χ2v) is 15.3. The fourth-order valence-electron chi connectivity index (χ4n) is 7.21. The Bertz CT molecular complexity index is 2580. The maximum Gasteiger partial charge on any atom is 0.328 e. The Morgan fingerprint density at radius 2 is 1.54 bits per heavy atom. The van der Waals surface area contributed by atoms with Gasteiger partial charge in [-0.15, -0.1) is 0 Å². The number of carbonyl (C=O) groups excluding carboxylic acids is 4. The lowest BCUT2D eigenvalue weighted by molar-refractivity contribution is -0.145. The standard InChI is InChI=1S/C47H38Cl2N4O8/c1-58-47(57)40(22-28-7-12-35(13-8-28)60-36-17-19-50-20-18-36)52-44(54)41-24-32-23-39-42(25-33(32)26-53(41)46(56)31-5-3-2-4-6-31)61-43(45(55)51-39)30-10-14-34(15-11-30)59-27-29-9-16-37(48)38(49)21-29/h2-21,23,25,40-41,43H,22,24,26-27H2,1H3,(H,51,55)(H,52,54)/t40-,41?,43-/m0/s1. The summed E-state index contributed by atoms with van der Waals surface area (Å²) >= 11 is 12.2. The molecule has 0 fully saturated rings. The number of hydrogen-bond donors (Lipinski definition) is 2. The summed E-state index contributed by atoms with van der Waals surface area (Å²) in [6.45, 7) is 0.329. The van der Waals surface area contributed by atoms with Crippen LogP contribution in [0.3, 0.4) is 0 Å². The van der Waals surface area contributed by atoms with Crippen LogP contribution >= 0.6 is 23.2 Å². The highest BCUT2D eigenvalue weighted by atomic mass is 35.5. The number of amides is 3. The lowest BCUT2D eigenvalue weighted by Gasteiger charge is -2.38. The van der Waals surface area contributed by atoms with Gasteiger partial charge in [-0.1, -0.05) is 71.7 Å². The van der Waals surface area contributed by atoms with Gasteiger partial charge in [0.25, 0.3) is 11.8 Å². The zero-order chi connectivity index (χ0) is 42.5. The van der Waals surface area contributed by atoms with Crippen LogP contribution in [0.2, 0.25) is 10.0 Å². The summed E-state index contributed by atoms with van der Waals surface area (Å²) in [6, 6.07) is 33.1. The largest absolute Gasteiger partial charge is 0.489 e. The second kappa shape index (κ2) is 18.2. The normalized spacial score (nSPS) is 15.9. The number of aromatic nitrogens is 1. The van der Waals surface area contributed by atoms with Crippen LogP contribution in [0, 0.1) is 0 Å². The van der Waals surface area contributed by atoms with Gasteiger partial charge in [-0.05, 0) is 95.1 Å². The van der Waals surface area contributed by atoms with Gasteiger partial charge in [-0.25, -0.2) is 4.79 Å². The van der Waals surface area contributed by atoms with Gasteiger partial charge in [0.2, 0.25) is 12.0 Å². The molecule has 14 heteroatoms. The number of pyridine rings is 1. The quantitative estimate of drug-likeness (QED) is 0.116. The van der Waals surface area contributed by atoms with Crippen LogP contribution in [-0.2, 0) is 45.1 Å². The van der Waals surface area contributed by atoms with E-state index < -0.39 is 30.1 Å². The molecule has 0 spiro atoms. The molecule has 3 heterocycles. The highest BCUT2D eigenvalue weighted by Gasteiger charge is 2.39. The van der Waals surface area contributed by atoms with Crippen LogP contribution in [0.4, 0.5) is 5.69 Å². The van der Waals surface area contributed by atoms with Crippen LogP contribution in [-0.4, -0.2) is 52.8 Å². The third kappa shape index (κ3) is 9.46. The van der Waals surface area contributed by atoms with E-state index in [-0.39, 0.29) is 37.8 Å². The van der Waals surface area contributed by atoms with Gasteiger partial charge in [0.15, 0.2) is 0 Å². The van der Waals surface area contributed by atoms with E-state index >= 15 is 0 Å². The number of ether oxygens (including phenoxy) is 4. The van der Waals surface area contributed by atoms with Crippen molar-refractivity contribution in [3.05, 3.63) is 177 Å². The van der Waals surface area contributed by atoms with Crippen LogP contribution in [0.25, 0.3) is 0 Å². The first kappa shape index (κ1) is 40.9. The van der Waals surface area contributed by atoms with E-state index in [2.05, 4.69) is 15.6 Å². The van der Waals surface area contributed by atoms with Crippen LogP contribution in [0.15, 0.2) is 134 Å². The first-order valence-electron chi connectivity index (χ1n) is 19.3. The molecular weight excluding hydrogens is 819 g/mol. The molecule has 3 amide bonds. The molecule has 12 nitrogen and oxygen atoms in total. The lowest BCUT2D eigenvalue weighted by Crippen LogP contribution is -2.56. The van der Waals surface area contributed by atoms with E-state index in [1.807, 2.05) is 6.07 Å². The summed E-state index contributed by atoms with van der Waals surface area (Å²) in [4.78, 5) is 60.5. The van der Waals surface area contributed by atoms with Gasteiger partial charge < -0.3 is 34.5 Å². The maximum absolute atomic E-state index is 14.3. The van der Waals surface area contributed by atoms with Crippen molar-refractivity contribution < 1.29 is 38.1 Å². The van der Waals surface area contributed by atoms with Gasteiger partial charge in [0, 0.05) is 42.9 Å². The summed E-state index contributed by atoms with van der Waals surface area (Å²) in [5, 5.41) is 6.73. The zero-order valence-electron chi connectivity index (χ0n) is 32.7. The van der Waals surface area contributed by atoms with Crippen LogP contribution in [0.1, 0.15) is 44.3 Å². The van der Waals surface area contributed by atoms with E-state index in [1.54, 1.807) is 128 Å². The van der Waals surface area contributed by atoms with E-state index in [0.717, 1.165) is 22.3 Å². The molecular formula is C47H38Cl2N4O8. The van der Waals surface area contributed by atoms with Crippen molar-refractivity contribution in [1.29, 1.82) is 0 Å². The summed E-state index contributed by atoms with van der Waals surface area (Å²) in [7, 11) is 1.25. The number of carbonyl (C=O) groups is 4. The Labute approximate surface area is 361 Å². The SMILES string of the molecule is COC(=O)[C@H](Cc1ccc(Oc2ccncc2)cc1)NC(=O)C1Cc2cc3c(cc2CN1C(=O)c1ccccc1)O[C@@H](c1ccc(OCc2ccc(Cl)c(Cl)c2)cc1)C(=O)N3. The predicted molar refractivity (Wildman–Crippen MR) is 228 cm³/mol. The Balaban J connectivity index is 0.994. The lowest BCUT2D eigenvalue weighted by atomic mass is 9.91. The highest BCUT2D eigenvalue weighted by molar-refractivity contribution is 6.42. The molecule has 8 rings (SSSR count). The maximum atomic E-state index is 14.3. The molecule has 2 aliphatic heterocycles. The van der Waals surface area contributed by atoms with Crippen molar-refractivity contribution in [2.24, 2.45) is 0 Å². The van der Waals surface area contributed by atoms with Crippen molar-refractivity contribution in [1.82, 2.24) is 15.2 Å². The molecule has 6 aromatic rings. The number of nitrogens with one attached hydrogen (secondary N) is 2.